The molecule has 0 aromatic carbocycles. The number of halogens is 1. The van der Waals surface area contributed by atoms with Crippen LogP contribution in [-0.4, -0.2) is 25.5 Å². The molecule has 0 aliphatic carbocycles. The van der Waals surface area contributed by atoms with Gasteiger partial charge in [-0.05, 0) is 48.9 Å². The van der Waals surface area contributed by atoms with Gasteiger partial charge in [0.05, 0.1) is 4.88 Å². The van der Waals surface area contributed by atoms with Crippen molar-refractivity contribution in [3.63, 3.8) is 0 Å². The zero-order valence-electron chi connectivity index (χ0n) is 9.99. The third-order valence-corrected chi connectivity index (χ3v) is 4.00. The molecular weight excluding hydrogens is 256 g/mol. The highest BCUT2D eigenvalue weighted by atomic mass is 35.5. The Morgan fingerprint density at radius 1 is 1.65 bits per heavy atom. The molecule has 1 atom stereocenters. The lowest BCUT2D eigenvalue weighted by Crippen LogP contribution is -2.30. The monoisotopic (exact) mass is 274 g/mol. The summed E-state index contributed by atoms with van der Waals surface area (Å²) >= 11 is 1.54. The average molecular weight is 275 g/mol. The molecule has 5 heteroatoms. The highest BCUT2D eigenvalue weighted by Gasteiger charge is 2.17. The van der Waals surface area contributed by atoms with Gasteiger partial charge in [0.15, 0.2) is 0 Å². The Bertz CT molecular complexity index is 361. The van der Waals surface area contributed by atoms with Crippen LogP contribution in [0.1, 0.15) is 28.6 Å². The number of nitrogens with one attached hydrogen (secondary N) is 2. The van der Waals surface area contributed by atoms with Gasteiger partial charge in [-0.2, -0.15) is 0 Å². The van der Waals surface area contributed by atoms with Gasteiger partial charge < -0.3 is 10.6 Å². The molecule has 17 heavy (non-hydrogen) atoms. The van der Waals surface area contributed by atoms with Gasteiger partial charge in [-0.1, -0.05) is 6.92 Å². The summed E-state index contributed by atoms with van der Waals surface area (Å²) < 4.78 is 0. The van der Waals surface area contributed by atoms with E-state index in [0.717, 1.165) is 36.5 Å². The molecule has 0 radical (unpaired) electrons. The van der Waals surface area contributed by atoms with Crippen LogP contribution in [-0.2, 0) is 6.42 Å². The first-order chi connectivity index (χ1) is 7.81. The molecule has 0 saturated carbocycles. The fraction of sp³-hybridized carbons (Fsp3) is 0.583. The molecule has 96 valence electrons. The topological polar surface area (TPSA) is 41.1 Å². The third-order valence-electron chi connectivity index (χ3n) is 3.05. The minimum absolute atomic E-state index is 0. The van der Waals surface area contributed by atoms with Crippen LogP contribution in [0.25, 0.3) is 0 Å². The van der Waals surface area contributed by atoms with E-state index < -0.39 is 0 Å². The predicted molar refractivity (Wildman–Crippen MR) is 74.3 cm³/mol. The standard InChI is InChI=1S/C12H18N2OS.ClH/c1-2-10-4-6-16-11(10)12(15)14-8-9-3-5-13-7-9;/h4,6,9,13H,2-3,5,7-8H2,1H3,(H,14,15);1H. The number of rotatable bonds is 4. The van der Waals surface area contributed by atoms with Crippen LogP contribution < -0.4 is 10.6 Å². The molecule has 1 aromatic rings. The first-order valence-electron chi connectivity index (χ1n) is 5.86. The number of thiophene rings is 1. The van der Waals surface area contributed by atoms with Crippen molar-refractivity contribution in [2.45, 2.75) is 19.8 Å². The Hall–Kier alpha value is -0.580. The van der Waals surface area contributed by atoms with Crippen LogP contribution in [0.4, 0.5) is 0 Å². The molecular formula is C12H19ClN2OS. The molecule has 1 amide bonds. The zero-order valence-corrected chi connectivity index (χ0v) is 11.6. The molecule has 2 heterocycles. The molecule has 3 nitrogen and oxygen atoms in total. The van der Waals surface area contributed by atoms with Gasteiger partial charge in [0.25, 0.3) is 5.91 Å². The molecule has 1 fully saturated rings. The van der Waals surface area contributed by atoms with Gasteiger partial charge in [-0.25, -0.2) is 0 Å². The lowest BCUT2D eigenvalue weighted by Gasteiger charge is -2.09. The molecule has 2 N–H and O–H groups in total. The largest absolute Gasteiger partial charge is 0.351 e. The maximum absolute atomic E-state index is 11.9. The van der Waals surface area contributed by atoms with E-state index in [1.165, 1.54) is 17.8 Å². The van der Waals surface area contributed by atoms with E-state index in [4.69, 9.17) is 0 Å². The van der Waals surface area contributed by atoms with Crippen LogP contribution >= 0.6 is 23.7 Å². The molecule has 1 saturated heterocycles. The summed E-state index contributed by atoms with van der Waals surface area (Å²) in [6.07, 6.45) is 2.10. The summed E-state index contributed by atoms with van der Waals surface area (Å²) in [6.45, 7) is 5.00. The summed E-state index contributed by atoms with van der Waals surface area (Å²) in [4.78, 5) is 12.8. The van der Waals surface area contributed by atoms with Crippen molar-refractivity contribution in [2.75, 3.05) is 19.6 Å². The van der Waals surface area contributed by atoms with Crippen LogP contribution in [0.2, 0.25) is 0 Å². The number of amides is 1. The summed E-state index contributed by atoms with van der Waals surface area (Å²) in [6, 6.07) is 2.04. The van der Waals surface area contributed by atoms with E-state index in [-0.39, 0.29) is 18.3 Å². The Balaban J connectivity index is 0.00000144. The zero-order chi connectivity index (χ0) is 11.4. The number of hydrogen-bond donors (Lipinski definition) is 2. The van der Waals surface area contributed by atoms with Gasteiger partial charge in [-0.3, -0.25) is 4.79 Å². The summed E-state index contributed by atoms with van der Waals surface area (Å²) in [5.74, 6) is 0.702. The van der Waals surface area contributed by atoms with Crippen molar-refractivity contribution in [2.24, 2.45) is 5.92 Å². The fourth-order valence-corrected chi connectivity index (χ4v) is 2.93. The second-order valence-corrected chi connectivity index (χ2v) is 5.11. The van der Waals surface area contributed by atoms with Crippen LogP contribution in [0.15, 0.2) is 11.4 Å². The minimum atomic E-state index is 0. The van der Waals surface area contributed by atoms with Gasteiger partial charge in [0, 0.05) is 6.54 Å². The Morgan fingerprint density at radius 2 is 2.47 bits per heavy atom. The third kappa shape index (κ3) is 3.69. The van der Waals surface area contributed by atoms with Crippen molar-refractivity contribution < 1.29 is 4.79 Å². The molecule has 0 bridgehead atoms. The maximum Gasteiger partial charge on any atom is 0.261 e. The summed E-state index contributed by atoms with van der Waals surface area (Å²) in [7, 11) is 0. The number of hydrogen-bond acceptors (Lipinski definition) is 3. The van der Waals surface area contributed by atoms with E-state index in [2.05, 4.69) is 17.6 Å². The number of aryl methyl sites for hydroxylation is 1. The minimum Gasteiger partial charge on any atom is -0.351 e. The normalized spacial score (nSPS) is 18.8. The van der Waals surface area contributed by atoms with Crippen LogP contribution in [0.5, 0.6) is 0 Å². The van der Waals surface area contributed by atoms with E-state index in [1.54, 1.807) is 0 Å². The van der Waals surface area contributed by atoms with Crippen molar-refractivity contribution in [3.05, 3.63) is 21.9 Å². The van der Waals surface area contributed by atoms with Crippen LogP contribution in [0, 0.1) is 5.92 Å². The van der Waals surface area contributed by atoms with Gasteiger partial charge >= 0.3 is 0 Å². The molecule has 1 aliphatic rings. The van der Waals surface area contributed by atoms with E-state index in [9.17, 15) is 4.79 Å². The van der Waals surface area contributed by atoms with Crippen molar-refractivity contribution >= 4 is 29.7 Å². The van der Waals surface area contributed by atoms with Crippen molar-refractivity contribution in [3.8, 4) is 0 Å². The van der Waals surface area contributed by atoms with Gasteiger partial charge in [-0.15, -0.1) is 23.7 Å². The summed E-state index contributed by atoms with van der Waals surface area (Å²) in [5, 5.41) is 8.33. The average Bonchev–Trinajstić information content (AvgIpc) is 2.96. The molecule has 1 aromatic heterocycles. The van der Waals surface area contributed by atoms with Crippen LogP contribution in [0.3, 0.4) is 0 Å². The molecule has 0 spiro atoms. The second-order valence-electron chi connectivity index (χ2n) is 4.20. The molecule has 1 aliphatic heterocycles. The quantitative estimate of drug-likeness (QED) is 0.883. The van der Waals surface area contributed by atoms with E-state index in [1.807, 2.05) is 11.4 Å². The Morgan fingerprint density at radius 3 is 3.12 bits per heavy atom. The first kappa shape index (κ1) is 14.5. The SMILES string of the molecule is CCc1ccsc1C(=O)NCC1CCNC1.Cl. The highest BCUT2D eigenvalue weighted by Crippen LogP contribution is 2.17. The maximum atomic E-state index is 11.9. The predicted octanol–water partition coefficient (Wildman–Crippen LogP) is 2.07. The molecule has 2 rings (SSSR count). The van der Waals surface area contributed by atoms with Gasteiger partial charge in [0.1, 0.15) is 0 Å². The fourth-order valence-electron chi connectivity index (χ4n) is 2.02. The van der Waals surface area contributed by atoms with Crippen molar-refractivity contribution in [1.29, 1.82) is 0 Å². The highest BCUT2D eigenvalue weighted by molar-refractivity contribution is 7.12. The lowest BCUT2D eigenvalue weighted by molar-refractivity contribution is 0.0951. The Labute approximate surface area is 112 Å². The Kier molecular flexibility index (Phi) is 5.95. The first-order valence-corrected chi connectivity index (χ1v) is 6.74. The summed E-state index contributed by atoms with van der Waals surface area (Å²) in [5.41, 5.74) is 1.16. The van der Waals surface area contributed by atoms with E-state index in [0.29, 0.717) is 5.92 Å². The van der Waals surface area contributed by atoms with Gasteiger partial charge in [0.2, 0.25) is 0 Å². The molecule has 1 unspecified atom stereocenters. The van der Waals surface area contributed by atoms with Crippen molar-refractivity contribution in [1.82, 2.24) is 10.6 Å². The second kappa shape index (κ2) is 6.99. The number of carbonyl (C=O) groups is 1. The van der Waals surface area contributed by atoms with E-state index >= 15 is 0 Å². The smallest absolute Gasteiger partial charge is 0.261 e. The lowest BCUT2D eigenvalue weighted by atomic mass is 10.1. The number of carbonyl (C=O) groups excluding carboxylic acids is 1.